The average Bonchev–Trinajstić information content (AvgIpc) is 3.01. The van der Waals surface area contributed by atoms with Gasteiger partial charge in [0, 0.05) is 25.0 Å². The van der Waals surface area contributed by atoms with Crippen LogP contribution in [0.2, 0.25) is 0 Å². The van der Waals surface area contributed by atoms with Gasteiger partial charge in [0.05, 0.1) is 5.56 Å². The van der Waals surface area contributed by atoms with Gasteiger partial charge in [0.1, 0.15) is 0 Å². The van der Waals surface area contributed by atoms with Crippen LogP contribution in [-0.4, -0.2) is 19.5 Å². The Morgan fingerprint density at radius 1 is 1.35 bits per heavy atom. The molecule has 2 fully saturated rings. The van der Waals surface area contributed by atoms with Gasteiger partial charge in [0.2, 0.25) is 0 Å². The molecule has 0 saturated heterocycles. The first-order chi connectivity index (χ1) is 9.54. The largest absolute Gasteiger partial charge is 0.398 e. The Morgan fingerprint density at radius 2 is 2.15 bits per heavy atom. The highest BCUT2D eigenvalue weighted by atomic mass is 16.1. The van der Waals surface area contributed by atoms with Crippen LogP contribution in [0.5, 0.6) is 0 Å². The number of carbonyl (C=O) groups excluding carboxylic acids is 1. The number of anilines is 2. The average molecular weight is 273 g/mol. The lowest BCUT2D eigenvalue weighted by molar-refractivity contribution is 0.100. The van der Waals surface area contributed by atoms with Crippen molar-refractivity contribution in [1.82, 2.24) is 0 Å². The van der Waals surface area contributed by atoms with Crippen molar-refractivity contribution in [2.75, 3.05) is 24.2 Å². The highest BCUT2D eigenvalue weighted by Crippen LogP contribution is 2.48. The van der Waals surface area contributed by atoms with E-state index in [1.54, 1.807) is 6.07 Å². The standard InChI is InChI=1S/C16H23N3O/c1-19(9-12-7-10-2-3-11(12)6-10)13-4-5-15(17)14(8-13)16(18)20/h4-5,8,10-12H,2-3,6-7,9,17H2,1H3,(H2,18,20). The molecule has 2 bridgehead atoms. The number of hydrogen-bond acceptors (Lipinski definition) is 3. The second-order valence-corrected chi connectivity index (χ2v) is 6.45. The van der Waals surface area contributed by atoms with Gasteiger partial charge in [-0.15, -0.1) is 0 Å². The molecule has 3 rings (SSSR count). The van der Waals surface area contributed by atoms with Gasteiger partial charge >= 0.3 is 0 Å². The van der Waals surface area contributed by atoms with Crippen molar-refractivity contribution in [1.29, 1.82) is 0 Å². The van der Waals surface area contributed by atoms with Gasteiger partial charge in [-0.1, -0.05) is 6.42 Å². The Morgan fingerprint density at radius 3 is 2.75 bits per heavy atom. The fraction of sp³-hybridized carbons (Fsp3) is 0.562. The summed E-state index contributed by atoms with van der Waals surface area (Å²) in [5.41, 5.74) is 13.0. The molecule has 1 amide bonds. The molecule has 108 valence electrons. The molecule has 1 aromatic carbocycles. The van der Waals surface area contributed by atoms with Gasteiger partial charge in [-0.25, -0.2) is 0 Å². The van der Waals surface area contributed by atoms with Crippen LogP contribution in [0.15, 0.2) is 18.2 Å². The molecule has 2 saturated carbocycles. The Hall–Kier alpha value is -1.71. The first kappa shape index (κ1) is 13.3. The number of amides is 1. The van der Waals surface area contributed by atoms with E-state index in [0.717, 1.165) is 30.0 Å². The molecule has 4 heteroatoms. The molecule has 20 heavy (non-hydrogen) atoms. The van der Waals surface area contributed by atoms with Crippen LogP contribution in [-0.2, 0) is 0 Å². The van der Waals surface area contributed by atoms with Crippen molar-refractivity contribution < 1.29 is 4.79 Å². The molecule has 4 N–H and O–H groups in total. The summed E-state index contributed by atoms with van der Waals surface area (Å²) >= 11 is 0. The third-order valence-corrected chi connectivity index (χ3v) is 5.14. The van der Waals surface area contributed by atoms with Crippen LogP contribution in [0.25, 0.3) is 0 Å². The lowest BCUT2D eigenvalue weighted by atomic mass is 9.88. The maximum atomic E-state index is 11.4. The number of carbonyl (C=O) groups is 1. The SMILES string of the molecule is CN(CC1CC2CCC1C2)c1ccc(N)c(C(N)=O)c1. The van der Waals surface area contributed by atoms with E-state index in [0.29, 0.717) is 11.3 Å². The van der Waals surface area contributed by atoms with Crippen molar-refractivity contribution in [3.63, 3.8) is 0 Å². The van der Waals surface area contributed by atoms with Crippen LogP contribution in [0.4, 0.5) is 11.4 Å². The predicted octanol–water partition coefficient (Wildman–Crippen LogP) is 2.24. The Balaban J connectivity index is 1.72. The number of fused-ring (bicyclic) bond motifs is 2. The van der Waals surface area contributed by atoms with Gasteiger partial charge in [-0.2, -0.15) is 0 Å². The minimum absolute atomic E-state index is 0.419. The highest BCUT2D eigenvalue weighted by Gasteiger charge is 2.39. The summed E-state index contributed by atoms with van der Waals surface area (Å²) < 4.78 is 0. The van der Waals surface area contributed by atoms with E-state index >= 15 is 0 Å². The summed E-state index contributed by atoms with van der Waals surface area (Å²) in [5, 5.41) is 0. The molecule has 0 aromatic heterocycles. The van der Waals surface area contributed by atoms with Crippen molar-refractivity contribution in [3.8, 4) is 0 Å². The molecule has 2 aliphatic carbocycles. The maximum absolute atomic E-state index is 11.4. The summed E-state index contributed by atoms with van der Waals surface area (Å²) in [7, 11) is 2.09. The minimum Gasteiger partial charge on any atom is -0.398 e. The van der Waals surface area contributed by atoms with E-state index in [2.05, 4.69) is 11.9 Å². The summed E-state index contributed by atoms with van der Waals surface area (Å²) in [6.07, 6.45) is 5.62. The molecule has 0 aliphatic heterocycles. The zero-order valence-electron chi connectivity index (χ0n) is 12.0. The van der Waals surface area contributed by atoms with Crippen molar-refractivity contribution in [3.05, 3.63) is 23.8 Å². The molecule has 4 nitrogen and oxygen atoms in total. The van der Waals surface area contributed by atoms with Crippen LogP contribution in [0.1, 0.15) is 36.0 Å². The molecule has 0 heterocycles. The number of hydrogen-bond donors (Lipinski definition) is 2. The van der Waals surface area contributed by atoms with E-state index < -0.39 is 5.91 Å². The summed E-state index contributed by atoms with van der Waals surface area (Å²) in [5.74, 6) is 2.21. The minimum atomic E-state index is -0.460. The highest BCUT2D eigenvalue weighted by molar-refractivity contribution is 5.99. The second-order valence-electron chi connectivity index (χ2n) is 6.45. The molecule has 3 atom stereocenters. The van der Waals surface area contributed by atoms with Crippen LogP contribution in [0.3, 0.4) is 0 Å². The third kappa shape index (κ3) is 2.35. The van der Waals surface area contributed by atoms with Crippen LogP contribution < -0.4 is 16.4 Å². The van der Waals surface area contributed by atoms with Crippen molar-refractivity contribution >= 4 is 17.3 Å². The van der Waals surface area contributed by atoms with Gasteiger partial charge in [0.25, 0.3) is 5.91 Å². The lowest BCUT2D eigenvalue weighted by Crippen LogP contribution is -2.29. The Bertz CT molecular complexity index is 528. The van der Waals surface area contributed by atoms with Gasteiger partial charge < -0.3 is 16.4 Å². The number of rotatable bonds is 4. The second kappa shape index (κ2) is 5.00. The number of nitrogens with zero attached hydrogens (tertiary/aromatic N) is 1. The van der Waals surface area contributed by atoms with Crippen LogP contribution >= 0.6 is 0 Å². The van der Waals surface area contributed by atoms with E-state index in [1.807, 2.05) is 12.1 Å². The molecular formula is C16H23N3O. The molecular weight excluding hydrogens is 250 g/mol. The number of nitrogen functional groups attached to an aromatic ring is 1. The molecule has 0 radical (unpaired) electrons. The monoisotopic (exact) mass is 273 g/mol. The number of primary amides is 1. The zero-order chi connectivity index (χ0) is 14.3. The fourth-order valence-electron chi connectivity index (χ4n) is 4.05. The first-order valence-corrected chi connectivity index (χ1v) is 7.45. The smallest absolute Gasteiger partial charge is 0.250 e. The molecule has 2 aliphatic rings. The van der Waals surface area contributed by atoms with Gasteiger partial charge in [0.15, 0.2) is 0 Å². The maximum Gasteiger partial charge on any atom is 0.250 e. The number of nitrogens with two attached hydrogens (primary N) is 2. The van der Waals surface area contributed by atoms with Gasteiger partial charge in [-0.05, 0) is 55.2 Å². The van der Waals surface area contributed by atoms with E-state index in [4.69, 9.17) is 11.5 Å². The van der Waals surface area contributed by atoms with E-state index in [-0.39, 0.29) is 0 Å². The normalized spacial score (nSPS) is 27.8. The lowest BCUT2D eigenvalue weighted by Gasteiger charge is -2.29. The summed E-state index contributed by atoms with van der Waals surface area (Å²) in [4.78, 5) is 13.6. The number of benzene rings is 1. The van der Waals surface area contributed by atoms with Gasteiger partial charge in [-0.3, -0.25) is 4.79 Å². The molecule has 3 unspecified atom stereocenters. The fourth-order valence-corrected chi connectivity index (χ4v) is 4.05. The Kier molecular flexibility index (Phi) is 3.32. The molecule has 1 aromatic rings. The topological polar surface area (TPSA) is 72.3 Å². The quantitative estimate of drug-likeness (QED) is 0.826. The van der Waals surface area contributed by atoms with Crippen molar-refractivity contribution in [2.45, 2.75) is 25.7 Å². The van der Waals surface area contributed by atoms with Crippen molar-refractivity contribution in [2.24, 2.45) is 23.5 Å². The Labute approximate surface area is 120 Å². The molecule has 0 spiro atoms. The third-order valence-electron chi connectivity index (χ3n) is 5.14. The van der Waals surface area contributed by atoms with E-state index in [9.17, 15) is 4.79 Å². The summed E-state index contributed by atoms with van der Waals surface area (Å²) in [6, 6.07) is 5.55. The van der Waals surface area contributed by atoms with E-state index in [1.165, 1.54) is 25.7 Å². The predicted molar refractivity (Wildman–Crippen MR) is 81.6 cm³/mol. The first-order valence-electron chi connectivity index (χ1n) is 7.45. The summed E-state index contributed by atoms with van der Waals surface area (Å²) in [6.45, 7) is 1.06. The van der Waals surface area contributed by atoms with Crippen LogP contribution in [0, 0.1) is 17.8 Å². The zero-order valence-corrected chi connectivity index (χ0v) is 12.0.